The van der Waals surface area contributed by atoms with Gasteiger partial charge in [0.2, 0.25) is 0 Å². The number of urea groups is 1. The van der Waals surface area contributed by atoms with E-state index in [9.17, 15) is 18.0 Å². The maximum atomic E-state index is 13.1. The topological polar surface area (TPSA) is 85.8 Å². The zero-order valence-electron chi connectivity index (χ0n) is 12.7. The van der Waals surface area contributed by atoms with Crippen molar-refractivity contribution in [3.63, 3.8) is 0 Å². The van der Waals surface area contributed by atoms with Crippen molar-refractivity contribution in [2.75, 3.05) is 5.32 Å². The quantitative estimate of drug-likeness (QED) is 0.761. The van der Waals surface area contributed by atoms with Gasteiger partial charge in [0.1, 0.15) is 5.82 Å². The van der Waals surface area contributed by atoms with E-state index in [0.29, 0.717) is 11.3 Å². The first-order valence-corrected chi connectivity index (χ1v) is 7.10. The van der Waals surface area contributed by atoms with E-state index >= 15 is 0 Å². The fourth-order valence-electron chi connectivity index (χ4n) is 2.28. The number of hydrogen-bond donors (Lipinski definition) is 2. The third-order valence-electron chi connectivity index (χ3n) is 3.31. The fraction of sp³-hybridized carbons (Fsp3) is 0.0625. The third kappa shape index (κ3) is 3.60. The van der Waals surface area contributed by atoms with Gasteiger partial charge in [-0.2, -0.15) is 18.3 Å². The number of primary amides is 1. The number of carbonyl (C=O) groups is 1. The van der Waals surface area contributed by atoms with Crippen LogP contribution in [0.5, 0.6) is 0 Å². The van der Waals surface area contributed by atoms with Gasteiger partial charge in [0.15, 0.2) is 5.69 Å². The second-order valence-electron chi connectivity index (χ2n) is 5.08. The summed E-state index contributed by atoms with van der Waals surface area (Å²) in [5.74, 6) is 0.124. The van der Waals surface area contributed by atoms with Crippen molar-refractivity contribution >= 4 is 11.8 Å². The van der Waals surface area contributed by atoms with Crippen LogP contribution in [-0.4, -0.2) is 20.8 Å². The summed E-state index contributed by atoms with van der Waals surface area (Å²) in [5.41, 5.74) is 5.08. The number of benzene rings is 1. The Morgan fingerprint density at radius 2 is 1.84 bits per heavy atom. The van der Waals surface area contributed by atoms with Gasteiger partial charge < -0.3 is 5.73 Å². The Morgan fingerprint density at radius 1 is 1.12 bits per heavy atom. The lowest BCUT2D eigenvalue weighted by Gasteiger charge is -2.08. The second-order valence-corrected chi connectivity index (χ2v) is 5.08. The molecule has 0 fully saturated rings. The Bertz CT molecular complexity index is 906. The van der Waals surface area contributed by atoms with Gasteiger partial charge in [0.05, 0.1) is 11.4 Å². The highest BCUT2D eigenvalue weighted by Gasteiger charge is 2.35. The molecule has 2 heterocycles. The predicted octanol–water partition coefficient (Wildman–Crippen LogP) is 3.44. The van der Waals surface area contributed by atoms with Gasteiger partial charge in [0.25, 0.3) is 0 Å². The highest BCUT2D eigenvalue weighted by molar-refractivity contribution is 5.87. The lowest BCUT2D eigenvalue weighted by atomic mass is 10.1. The van der Waals surface area contributed by atoms with Crippen molar-refractivity contribution in [2.45, 2.75) is 6.18 Å². The molecule has 2 aromatic heterocycles. The first kappa shape index (κ1) is 16.5. The summed E-state index contributed by atoms with van der Waals surface area (Å²) in [7, 11) is 0. The molecular formula is C16H12F3N5O. The third-order valence-corrected chi connectivity index (χ3v) is 3.31. The van der Waals surface area contributed by atoms with Gasteiger partial charge >= 0.3 is 12.2 Å². The largest absolute Gasteiger partial charge is 0.435 e. The summed E-state index contributed by atoms with van der Waals surface area (Å²) in [6, 6.07) is 11.5. The average Bonchev–Trinajstić information content (AvgIpc) is 3.01. The lowest BCUT2D eigenvalue weighted by Crippen LogP contribution is -2.19. The van der Waals surface area contributed by atoms with Crippen LogP contribution in [0.1, 0.15) is 5.69 Å². The van der Waals surface area contributed by atoms with E-state index in [2.05, 4.69) is 15.4 Å². The Morgan fingerprint density at radius 3 is 2.48 bits per heavy atom. The molecule has 3 N–H and O–H groups in total. The Hall–Kier alpha value is -3.36. The maximum Gasteiger partial charge on any atom is 0.435 e. The monoisotopic (exact) mass is 347 g/mol. The molecule has 0 unspecified atom stereocenters. The molecule has 6 nitrogen and oxygen atoms in total. The van der Waals surface area contributed by atoms with Crippen LogP contribution in [0.25, 0.3) is 16.9 Å². The van der Waals surface area contributed by atoms with Crippen LogP contribution in [0, 0.1) is 0 Å². The van der Waals surface area contributed by atoms with Gasteiger partial charge in [0, 0.05) is 11.8 Å². The minimum atomic E-state index is -4.59. The normalized spacial score (nSPS) is 11.3. The number of amides is 2. The standard InChI is InChI=1S/C16H12F3N5O/c17-16(18,19)13-9-12(24(23-13)11-4-2-1-3-5-11)10-6-7-21-14(8-10)22-15(20)25/h1-9H,(H3,20,21,22,25). The number of aromatic nitrogens is 3. The molecule has 0 atom stereocenters. The smallest absolute Gasteiger partial charge is 0.351 e. The molecule has 9 heteroatoms. The molecule has 2 amide bonds. The van der Waals surface area contributed by atoms with E-state index in [4.69, 9.17) is 5.73 Å². The highest BCUT2D eigenvalue weighted by Crippen LogP contribution is 2.33. The molecule has 0 aliphatic heterocycles. The summed E-state index contributed by atoms with van der Waals surface area (Å²) in [4.78, 5) is 14.8. The zero-order chi connectivity index (χ0) is 18.0. The summed E-state index contributed by atoms with van der Waals surface area (Å²) in [5, 5.41) is 5.96. The average molecular weight is 347 g/mol. The molecule has 128 valence electrons. The van der Waals surface area contributed by atoms with E-state index in [-0.39, 0.29) is 11.5 Å². The van der Waals surface area contributed by atoms with Crippen molar-refractivity contribution in [1.29, 1.82) is 0 Å². The number of alkyl halides is 3. The Kier molecular flexibility index (Phi) is 4.14. The molecule has 0 bridgehead atoms. The van der Waals surface area contributed by atoms with Crippen molar-refractivity contribution in [1.82, 2.24) is 14.8 Å². The van der Waals surface area contributed by atoms with Gasteiger partial charge in [-0.1, -0.05) is 18.2 Å². The minimum Gasteiger partial charge on any atom is -0.351 e. The van der Waals surface area contributed by atoms with E-state index in [1.807, 2.05) is 0 Å². The molecule has 3 aromatic rings. The molecule has 0 radical (unpaired) electrons. The van der Waals surface area contributed by atoms with Crippen LogP contribution < -0.4 is 11.1 Å². The van der Waals surface area contributed by atoms with Crippen LogP contribution in [0.3, 0.4) is 0 Å². The Labute approximate surface area is 140 Å². The molecule has 0 saturated heterocycles. The summed E-state index contributed by atoms with van der Waals surface area (Å²) >= 11 is 0. The number of carbonyl (C=O) groups excluding carboxylic acids is 1. The van der Waals surface area contributed by atoms with E-state index < -0.39 is 17.9 Å². The maximum absolute atomic E-state index is 13.1. The number of nitrogens with one attached hydrogen (secondary N) is 1. The number of para-hydroxylation sites is 1. The molecule has 3 rings (SSSR count). The molecular weight excluding hydrogens is 335 g/mol. The van der Waals surface area contributed by atoms with E-state index in [1.165, 1.54) is 23.0 Å². The summed E-state index contributed by atoms with van der Waals surface area (Å²) in [6.07, 6.45) is -3.23. The Balaban J connectivity index is 2.15. The first-order chi connectivity index (χ1) is 11.8. The molecule has 0 aliphatic carbocycles. The van der Waals surface area contributed by atoms with Crippen molar-refractivity contribution < 1.29 is 18.0 Å². The van der Waals surface area contributed by atoms with Gasteiger partial charge in [-0.25, -0.2) is 14.5 Å². The van der Waals surface area contributed by atoms with Crippen LogP contribution in [0.15, 0.2) is 54.7 Å². The summed E-state index contributed by atoms with van der Waals surface area (Å²) < 4.78 is 40.5. The molecule has 0 spiro atoms. The highest BCUT2D eigenvalue weighted by atomic mass is 19.4. The number of rotatable bonds is 3. The van der Waals surface area contributed by atoms with Gasteiger partial charge in [-0.05, 0) is 30.3 Å². The molecule has 1 aromatic carbocycles. The number of pyridine rings is 1. The van der Waals surface area contributed by atoms with Crippen molar-refractivity contribution in [2.24, 2.45) is 5.73 Å². The van der Waals surface area contributed by atoms with Crippen molar-refractivity contribution in [3.05, 3.63) is 60.4 Å². The second kappa shape index (κ2) is 6.27. The summed E-state index contributed by atoms with van der Waals surface area (Å²) in [6.45, 7) is 0. The number of anilines is 1. The fourth-order valence-corrected chi connectivity index (χ4v) is 2.28. The van der Waals surface area contributed by atoms with Crippen LogP contribution in [0.2, 0.25) is 0 Å². The van der Waals surface area contributed by atoms with Gasteiger partial charge in [-0.3, -0.25) is 5.32 Å². The molecule has 0 saturated carbocycles. The number of halogens is 3. The molecule has 0 aliphatic rings. The van der Waals surface area contributed by atoms with Crippen LogP contribution in [0.4, 0.5) is 23.8 Å². The van der Waals surface area contributed by atoms with Crippen LogP contribution in [-0.2, 0) is 6.18 Å². The first-order valence-electron chi connectivity index (χ1n) is 7.10. The zero-order valence-corrected chi connectivity index (χ0v) is 12.7. The number of nitrogens with zero attached hydrogens (tertiary/aromatic N) is 3. The van der Waals surface area contributed by atoms with Crippen molar-refractivity contribution in [3.8, 4) is 16.9 Å². The van der Waals surface area contributed by atoms with E-state index in [1.54, 1.807) is 30.3 Å². The van der Waals surface area contributed by atoms with Gasteiger partial charge in [-0.15, -0.1) is 0 Å². The predicted molar refractivity (Wildman–Crippen MR) is 85.0 cm³/mol. The van der Waals surface area contributed by atoms with E-state index in [0.717, 1.165) is 6.07 Å². The SMILES string of the molecule is NC(=O)Nc1cc(-c2cc(C(F)(F)F)nn2-c2ccccc2)ccn1. The molecule has 25 heavy (non-hydrogen) atoms. The minimum absolute atomic E-state index is 0.124. The van der Waals surface area contributed by atoms with Crippen LogP contribution >= 0.6 is 0 Å². The number of hydrogen-bond acceptors (Lipinski definition) is 3. The lowest BCUT2D eigenvalue weighted by molar-refractivity contribution is -0.141. The number of nitrogens with two attached hydrogens (primary N) is 1.